The second kappa shape index (κ2) is 5.30. The van der Waals surface area contributed by atoms with E-state index >= 15 is 0 Å². The van der Waals surface area contributed by atoms with E-state index in [0.717, 1.165) is 11.8 Å². The van der Waals surface area contributed by atoms with Crippen molar-refractivity contribution in [3.8, 4) is 0 Å². The van der Waals surface area contributed by atoms with Gasteiger partial charge in [0.1, 0.15) is 4.21 Å². The molecule has 0 spiro atoms. The van der Waals surface area contributed by atoms with Crippen molar-refractivity contribution >= 4 is 21.4 Å². The summed E-state index contributed by atoms with van der Waals surface area (Å²) < 4.78 is 34.1. The second-order valence-corrected chi connectivity index (χ2v) is 10.2. The van der Waals surface area contributed by atoms with Crippen LogP contribution < -0.4 is 4.72 Å². The first kappa shape index (κ1) is 15.1. The van der Waals surface area contributed by atoms with Gasteiger partial charge in [-0.1, -0.05) is 6.07 Å². The molecule has 4 aliphatic carbocycles. The molecule has 0 amide bonds. The van der Waals surface area contributed by atoms with Crippen molar-refractivity contribution in [2.24, 2.45) is 23.7 Å². The summed E-state index contributed by atoms with van der Waals surface area (Å²) >= 11 is 1.26. The summed E-state index contributed by atoms with van der Waals surface area (Å²) in [6.07, 6.45) is 6.22. The summed E-state index contributed by atoms with van der Waals surface area (Å²) in [5.41, 5.74) is -0.294. The number of ether oxygens (including phenoxy) is 1. The van der Waals surface area contributed by atoms with Gasteiger partial charge in [0, 0.05) is 13.7 Å². The van der Waals surface area contributed by atoms with Crippen molar-refractivity contribution in [3.63, 3.8) is 0 Å². The van der Waals surface area contributed by atoms with Gasteiger partial charge in [-0.05, 0) is 67.2 Å². The molecule has 122 valence electrons. The molecule has 0 aliphatic heterocycles. The lowest BCUT2D eigenvalue weighted by Gasteiger charge is -2.60. The van der Waals surface area contributed by atoms with Crippen LogP contribution in [0.1, 0.15) is 32.1 Å². The molecule has 4 fully saturated rings. The number of hydrogen-bond donors (Lipinski definition) is 1. The molecule has 5 rings (SSSR count). The minimum atomic E-state index is -3.41. The fourth-order valence-electron chi connectivity index (χ4n) is 5.37. The lowest BCUT2D eigenvalue weighted by atomic mass is 9.50. The molecule has 0 unspecified atom stereocenters. The van der Waals surface area contributed by atoms with Crippen LogP contribution in [0.5, 0.6) is 0 Å². The van der Waals surface area contributed by atoms with E-state index < -0.39 is 10.0 Å². The van der Waals surface area contributed by atoms with E-state index in [4.69, 9.17) is 4.74 Å². The number of rotatable bonds is 5. The summed E-state index contributed by atoms with van der Waals surface area (Å²) in [6, 6.07) is 3.43. The van der Waals surface area contributed by atoms with Crippen LogP contribution in [-0.2, 0) is 14.8 Å². The Hall–Kier alpha value is -0.430. The lowest BCUT2D eigenvalue weighted by Crippen LogP contribution is -2.63. The van der Waals surface area contributed by atoms with E-state index in [2.05, 4.69) is 4.72 Å². The Morgan fingerprint density at radius 2 is 1.86 bits per heavy atom. The lowest BCUT2D eigenvalue weighted by molar-refractivity contribution is -0.185. The van der Waals surface area contributed by atoms with E-state index in [1.165, 1.54) is 43.4 Å². The molecule has 4 bridgehead atoms. The molecule has 4 saturated carbocycles. The van der Waals surface area contributed by atoms with E-state index in [-0.39, 0.29) is 5.60 Å². The Morgan fingerprint density at radius 1 is 1.23 bits per heavy atom. The van der Waals surface area contributed by atoms with E-state index in [9.17, 15) is 8.42 Å². The number of methoxy groups -OCH3 is 1. The van der Waals surface area contributed by atoms with Crippen molar-refractivity contribution in [1.82, 2.24) is 4.72 Å². The third-order valence-electron chi connectivity index (χ3n) is 6.20. The number of thiophene rings is 1. The van der Waals surface area contributed by atoms with Crippen LogP contribution in [0.25, 0.3) is 0 Å². The summed E-state index contributed by atoms with van der Waals surface area (Å²) in [5.74, 6) is 2.72. The number of sulfonamides is 1. The van der Waals surface area contributed by atoms with Gasteiger partial charge in [-0.2, -0.15) is 0 Å². The number of nitrogens with one attached hydrogen (secondary N) is 1. The van der Waals surface area contributed by atoms with Gasteiger partial charge < -0.3 is 4.74 Å². The van der Waals surface area contributed by atoms with Gasteiger partial charge in [0.15, 0.2) is 0 Å². The van der Waals surface area contributed by atoms with Gasteiger partial charge >= 0.3 is 0 Å². The molecule has 4 aliphatic rings. The molecule has 1 heterocycles. The quantitative estimate of drug-likeness (QED) is 0.896. The highest BCUT2D eigenvalue weighted by atomic mass is 32.2. The average molecular weight is 341 g/mol. The molecule has 0 radical (unpaired) electrons. The van der Waals surface area contributed by atoms with Gasteiger partial charge in [0.05, 0.1) is 5.60 Å². The molecule has 22 heavy (non-hydrogen) atoms. The Labute approximate surface area is 136 Å². The first-order chi connectivity index (χ1) is 10.5. The summed E-state index contributed by atoms with van der Waals surface area (Å²) in [6.45, 7) is 0.415. The molecule has 0 saturated heterocycles. The zero-order valence-corrected chi connectivity index (χ0v) is 14.5. The molecular formula is C16H23NO3S2. The van der Waals surface area contributed by atoms with E-state index in [1.54, 1.807) is 24.6 Å². The van der Waals surface area contributed by atoms with Crippen LogP contribution in [0.3, 0.4) is 0 Å². The highest BCUT2D eigenvalue weighted by molar-refractivity contribution is 7.91. The van der Waals surface area contributed by atoms with Crippen molar-refractivity contribution in [1.29, 1.82) is 0 Å². The van der Waals surface area contributed by atoms with Crippen molar-refractivity contribution in [3.05, 3.63) is 17.5 Å². The molecule has 0 aromatic carbocycles. The highest BCUT2D eigenvalue weighted by Crippen LogP contribution is 2.59. The van der Waals surface area contributed by atoms with Crippen molar-refractivity contribution < 1.29 is 13.2 Å². The predicted molar refractivity (Wildman–Crippen MR) is 86.3 cm³/mol. The maximum Gasteiger partial charge on any atom is 0.250 e. The Kier molecular flexibility index (Phi) is 3.64. The second-order valence-electron chi connectivity index (χ2n) is 7.22. The van der Waals surface area contributed by atoms with Crippen LogP contribution in [0.4, 0.5) is 0 Å². The monoisotopic (exact) mass is 341 g/mol. The van der Waals surface area contributed by atoms with Crippen LogP contribution in [0, 0.1) is 23.7 Å². The Bertz CT molecular complexity index is 610. The zero-order chi connectivity index (χ0) is 15.4. The van der Waals surface area contributed by atoms with Crippen molar-refractivity contribution in [2.45, 2.75) is 41.9 Å². The summed E-state index contributed by atoms with van der Waals surface area (Å²) in [7, 11) is -1.64. The molecule has 6 heteroatoms. The van der Waals surface area contributed by atoms with E-state index in [1.807, 2.05) is 0 Å². The average Bonchev–Trinajstić information content (AvgIpc) is 3.02. The minimum Gasteiger partial charge on any atom is -0.376 e. The van der Waals surface area contributed by atoms with Gasteiger partial charge in [-0.25, -0.2) is 13.1 Å². The molecular weight excluding hydrogens is 318 g/mol. The Balaban J connectivity index is 1.55. The van der Waals surface area contributed by atoms with Crippen molar-refractivity contribution in [2.75, 3.05) is 13.7 Å². The maximum atomic E-state index is 12.4. The van der Waals surface area contributed by atoms with Crippen LogP contribution in [-0.4, -0.2) is 27.7 Å². The topological polar surface area (TPSA) is 55.4 Å². The fourth-order valence-corrected chi connectivity index (χ4v) is 7.49. The van der Waals surface area contributed by atoms with Gasteiger partial charge in [0.25, 0.3) is 0 Å². The number of hydrogen-bond acceptors (Lipinski definition) is 4. The highest BCUT2D eigenvalue weighted by Gasteiger charge is 2.57. The maximum absolute atomic E-state index is 12.4. The van der Waals surface area contributed by atoms with Gasteiger partial charge in [-0.15, -0.1) is 11.3 Å². The predicted octanol–water partition coefficient (Wildman–Crippen LogP) is 2.87. The third-order valence-corrected chi connectivity index (χ3v) is 9.00. The van der Waals surface area contributed by atoms with Gasteiger partial charge in [-0.3, -0.25) is 0 Å². The van der Waals surface area contributed by atoms with Crippen LogP contribution >= 0.6 is 11.3 Å². The third kappa shape index (κ3) is 2.27. The summed E-state index contributed by atoms with van der Waals surface area (Å²) in [5, 5.41) is 1.80. The zero-order valence-electron chi connectivity index (χ0n) is 12.8. The largest absolute Gasteiger partial charge is 0.376 e. The smallest absolute Gasteiger partial charge is 0.250 e. The first-order valence-corrected chi connectivity index (χ1v) is 10.5. The summed E-state index contributed by atoms with van der Waals surface area (Å²) in [4.78, 5) is 0. The minimum absolute atomic E-state index is 0.294. The normalized spacial score (nSPS) is 40.2. The molecule has 1 aromatic heterocycles. The molecule has 1 aromatic rings. The SMILES string of the molecule is COC1(CNS(=O)(=O)c2cccs2)C2CC3CC(C2)CC1C3. The van der Waals surface area contributed by atoms with Gasteiger partial charge in [0.2, 0.25) is 10.0 Å². The molecule has 0 atom stereocenters. The molecule has 4 nitrogen and oxygen atoms in total. The Morgan fingerprint density at radius 3 is 2.36 bits per heavy atom. The first-order valence-electron chi connectivity index (χ1n) is 8.12. The molecule has 1 N–H and O–H groups in total. The van der Waals surface area contributed by atoms with Crippen LogP contribution in [0.2, 0.25) is 0 Å². The standard InChI is InChI=1S/C16H23NO3S2/c1-20-16(10-17-22(18,19)15-3-2-4-21-15)13-6-11-5-12(8-13)9-14(16)7-11/h2-4,11-14,17H,5-10H2,1H3. The van der Waals surface area contributed by atoms with Crippen LogP contribution in [0.15, 0.2) is 21.7 Å². The fraction of sp³-hybridized carbons (Fsp3) is 0.750. The van der Waals surface area contributed by atoms with E-state index in [0.29, 0.717) is 22.6 Å².